The number of hydrogen-bond acceptors (Lipinski definition) is 4. The number of likely N-dealkylation sites (tertiary alicyclic amines) is 2. The SMILES string of the molecule is CCOC1CCCN(C(=O)NCC(c2ccccc2OC)N2CCCC2)C1. The zero-order valence-corrected chi connectivity index (χ0v) is 16.7. The monoisotopic (exact) mass is 375 g/mol. The lowest BCUT2D eigenvalue weighted by atomic mass is 10.0. The zero-order valence-electron chi connectivity index (χ0n) is 16.7. The molecule has 6 heteroatoms. The summed E-state index contributed by atoms with van der Waals surface area (Å²) in [4.78, 5) is 17.1. The Morgan fingerprint density at radius 2 is 2.00 bits per heavy atom. The number of nitrogens with one attached hydrogen (secondary N) is 1. The lowest BCUT2D eigenvalue weighted by molar-refractivity contribution is 0.0163. The summed E-state index contributed by atoms with van der Waals surface area (Å²) in [5.41, 5.74) is 1.15. The van der Waals surface area contributed by atoms with Crippen molar-refractivity contribution in [1.29, 1.82) is 0 Å². The molecule has 0 saturated carbocycles. The van der Waals surface area contributed by atoms with E-state index >= 15 is 0 Å². The van der Waals surface area contributed by atoms with Crippen LogP contribution in [0, 0.1) is 0 Å². The topological polar surface area (TPSA) is 54.0 Å². The lowest BCUT2D eigenvalue weighted by Gasteiger charge is -2.34. The van der Waals surface area contributed by atoms with E-state index in [-0.39, 0.29) is 18.2 Å². The van der Waals surface area contributed by atoms with Crippen molar-refractivity contribution in [2.24, 2.45) is 0 Å². The molecule has 2 atom stereocenters. The first-order chi connectivity index (χ1) is 13.2. The van der Waals surface area contributed by atoms with Gasteiger partial charge in [-0.2, -0.15) is 0 Å². The van der Waals surface area contributed by atoms with E-state index in [9.17, 15) is 4.79 Å². The fourth-order valence-electron chi connectivity index (χ4n) is 4.22. The zero-order chi connectivity index (χ0) is 19.1. The predicted molar refractivity (Wildman–Crippen MR) is 106 cm³/mol. The van der Waals surface area contributed by atoms with Gasteiger partial charge in [0, 0.05) is 31.8 Å². The molecule has 0 spiro atoms. The Morgan fingerprint density at radius 3 is 2.74 bits per heavy atom. The molecular formula is C21H33N3O3. The highest BCUT2D eigenvalue weighted by atomic mass is 16.5. The maximum absolute atomic E-state index is 12.8. The first-order valence-corrected chi connectivity index (χ1v) is 10.2. The molecule has 150 valence electrons. The Kier molecular flexibility index (Phi) is 7.35. The molecule has 0 bridgehead atoms. The molecule has 0 radical (unpaired) electrons. The summed E-state index contributed by atoms with van der Waals surface area (Å²) in [6.45, 7) is 6.91. The third-order valence-corrected chi connectivity index (χ3v) is 5.59. The van der Waals surface area contributed by atoms with Crippen LogP contribution in [0.3, 0.4) is 0 Å². The van der Waals surface area contributed by atoms with Gasteiger partial charge >= 0.3 is 6.03 Å². The van der Waals surface area contributed by atoms with Crippen LogP contribution < -0.4 is 10.1 Å². The summed E-state index contributed by atoms with van der Waals surface area (Å²) in [5, 5.41) is 3.18. The van der Waals surface area contributed by atoms with Gasteiger partial charge < -0.3 is 19.7 Å². The number of hydrogen-bond donors (Lipinski definition) is 1. The number of methoxy groups -OCH3 is 1. The molecule has 2 heterocycles. The number of piperidine rings is 1. The summed E-state index contributed by atoms with van der Waals surface area (Å²) in [6.07, 6.45) is 4.62. The second-order valence-corrected chi connectivity index (χ2v) is 7.35. The molecule has 1 aromatic carbocycles. The smallest absolute Gasteiger partial charge is 0.317 e. The van der Waals surface area contributed by atoms with Gasteiger partial charge in [0.2, 0.25) is 0 Å². The van der Waals surface area contributed by atoms with Gasteiger partial charge in [-0.25, -0.2) is 4.79 Å². The van der Waals surface area contributed by atoms with Crippen molar-refractivity contribution in [3.8, 4) is 5.75 Å². The quantitative estimate of drug-likeness (QED) is 0.796. The molecule has 0 aliphatic carbocycles. The van der Waals surface area contributed by atoms with Crippen LogP contribution in [-0.2, 0) is 4.74 Å². The number of rotatable bonds is 7. The van der Waals surface area contributed by atoms with Gasteiger partial charge in [-0.15, -0.1) is 0 Å². The van der Waals surface area contributed by atoms with Crippen LogP contribution in [0.15, 0.2) is 24.3 Å². The molecule has 6 nitrogen and oxygen atoms in total. The average molecular weight is 376 g/mol. The Balaban J connectivity index is 1.65. The van der Waals surface area contributed by atoms with E-state index in [2.05, 4.69) is 16.3 Å². The first kappa shape index (κ1) is 20.0. The molecule has 2 saturated heterocycles. The van der Waals surface area contributed by atoms with Crippen molar-refractivity contribution in [2.45, 2.75) is 44.8 Å². The Morgan fingerprint density at radius 1 is 1.22 bits per heavy atom. The second kappa shape index (κ2) is 9.95. The number of nitrogens with zero attached hydrogens (tertiary/aromatic N) is 2. The number of urea groups is 1. The van der Waals surface area contributed by atoms with Crippen LogP contribution >= 0.6 is 0 Å². The van der Waals surface area contributed by atoms with Gasteiger partial charge in [-0.05, 0) is 51.8 Å². The van der Waals surface area contributed by atoms with E-state index in [0.29, 0.717) is 19.7 Å². The molecule has 0 aromatic heterocycles. The van der Waals surface area contributed by atoms with E-state index in [1.165, 1.54) is 12.8 Å². The number of carbonyl (C=O) groups is 1. The van der Waals surface area contributed by atoms with Crippen LogP contribution in [0.5, 0.6) is 5.75 Å². The van der Waals surface area contributed by atoms with Crippen molar-refractivity contribution < 1.29 is 14.3 Å². The van der Waals surface area contributed by atoms with Crippen LogP contribution in [0.25, 0.3) is 0 Å². The Hall–Kier alpha value is -1.79. The largest absolute Gasteiger partial charge is 0.496 e. The van der Waals surface area contributed by atoms with Crippen molar-refractivity contribution in [3.63, 3.8) is 0 Å². The Bertz CT molecular complexity index is 602. The second-order valence-electron chi connectivity index (χ2n) is 7.35. The van der Waals surface area contributed by atoms with Crippen LogP contribution in [-0.4, -0.2) is 68.4 Å². The number of amides is 2. The van der Waals surface area contributed by atoms with Gasteiger partial charge in [0.25, 0.3) is 0 Å². The van der Waals surface area contributed by atoms with Crippen LogP contribution in [0.4, 0.5) is 4.79 Å². The molecule has 2 aliphatic heterocycles. The van der Waals surface area contributed by atoms with Crippen molar-refractivity contribution in [2.75, 3.05) is 46.4 Å². The van der Waals surface area contributed by atoms with Crippen molar-refractivity contribution in [1.82, 2.24) is 15.1 Å². The van der Waals surface area contributed by atoms with Crippen molar-refractivity contribution in [3.05, 3.63) is 29.8 Å². The van der Waals surface area contributed by atoms with E-state index < -0.39 is 0 Å². The molecule has 2 unspecified atom stereocenters. The van der Waals surface area contributed by atoms with Gasteiger partial charge in [-0.3, -0.25) is 4.90 Å². The third-order valence-electron chi connectivity index (χ3n) is 5.59. The summed E-state index contributed by atoms with van der Waals surface area (Å²) in [7, 11) is 1.71. The van der Waals surface area contributed by atoms with E-state index in [1.807, 2.05) is 30.0 Å². The van der Waals surface area contributed by atoms with Gasteiger partial charge in [0.1, 0.15) is 5.75 Å². The average Bonchev–Trinajstić information content (AvgIpc) is 3.23. The normalized spacial score (nSPS) is 21.9. The fourth-order valence-corrected chi connectivity index (χ4v) is 4.22. The summed E-state index contributed by atoms with van der Waals surface area (Å²) in [6, 6.07) is 8.29. The van der Waals surface area contributed by atoms with Gasteiger partial charge in [0.05, 0.1) is 19.3 Å². The summed E-state index contributed by atoms with van der Waals surface area (Å²) in [5.74, 6) is 0.887. The van der Waals surface area contributed by atoms with Crippen LogP contribution in [0.2, 0.25) is 0 Å². The molecule has 2 fully saturated rings. The molecule has 2 amide bonds. The minimum absolute atomic E-state index is 0.0125. The van der Waals surface area contributed by atoms with Crippen molar-refractivity contribution >= 4 is 6.03 Å². The van der Waals surface area contributed by atoms with Gasteiger partial charge in [-0.1, -0.05) is 18.2 Å². The molecular weight excluding hydrogens is 342 g/mol. The van der Waals surface area contributed by atoms with E-state index in [1.54, 1.807) is 7.11 Å². The number of carbonyl (C=O) groups excluding carboxylic acids is 1. The minimum atomic E-state index is 0.0125. The first-order valence-electron chi connectivity index (χ1n) is 10.2. The maximum Gasteiger partial charge on any atom is 0.317 e. The molecule has 1 N–H and O–H groups in total. The highest BCUT2D eigenvalue weighted by Crippen LogP contribution is 2.31. The molecule has 3 rings (SSSR count). The minimum Gasteiger partial charge on any atom is -0.496 e. The highest BCUT2D eigenvalue weighted by molar-refractivity contribution is 5.74. The summed E-state index contributed by atoms with van der Waals surface area (Å²) < 4.78 is 11.3. The maximum atomic E-state index is 12.8. The summed E-state index contributed by atoms with van der Waals surface area (Å²) >= 11 is 0. The van der Waals surface area contributed by atoms with E-state index in [0.717, 1.165) is 43.8 Å². The molecule has 27 heavy (non-hydrogen) atoms. The Labute approximate surface area is 162 Å². The molecule has 2 aliphatic rings. The number of para-hydroxylation sites is 1. The third kappa shape index (κ3) is 5.14. The molecule has 1 aromatic rings. The van der Waals surface area contributed by atoms with Gasteiger partial charge in [0.15, 0.2) is 0 Å². The lowest BCUT2D eigenvalue weighted by Crippen LogP contribution is -2.49. The number of benzene rings is 1. The van der Waals surface area contributed by atoms with E-state index in [4.69, 9.17) is 9.47 Å². The van der Waals surface area contributed by atoms with Crippen LogP contribution in [0.1, 0.15) is 44.2 Å². The standard InChI is InChI=1S/C21H33N3O3/c1-3-27-17-9-8-14-24(16-17)21(25)22-15-19(23-12-6-7-13-23)18-10-4-5-11-20(18)26-2/h4-5,10-11,17,19H,3,6-9,12-16H2,1-2H3,(H,22,25). The fraction of sp³-hybridized carbons (Fsp3) is 0.667. The predicted octanol–water partition coefficient (Wildman–Crippen LogP) is 3.04. The number of ether oxygens (including phenoxy) is 2. The highest BCUT2D eigenvalue weighted by Gasteiger charge is 2.28.